The minimum absolute atomic E-state index is 0.153. The molecule has 1 aromatic heterocycles. The lowest BCUT2D eigenvalue weighted by Gasteiger charge is -2.13. The molecule has 1 unspecified atom stereocenters. The second-order valence-corrected chi connectivity index (χ2v) is 5.26. The maximum Gasteiger partial charge on any atom is 0.270 e. The first-order valence-corrected chi connectivity index (χ1v) is 6.24. The highest BCUT2D eigenvalue weighted by molar-refractivity contribution is 5.85. The van der Waals surface area contributed by atoms with Crippen molar-refractivity contribution in [2.75, 3.05) is 0 Å². The summed E-state index contributed by atoms with van der Waals surface area (Å²) in [6.07, 6.45) is 3.05. The Labute approximate surface area is 106 Å². The van der Waals surface area contributed by atoms with E-state index in [1.54, 1.807) is 12.1 Å². The molecule has 2 rings (SSSR count). The normalized spacial score (nSPS) is 13.1. The van der Waals surface area contributed by atoms with Gasteiger partial charge in [0.25, 0.3) is 5.69 Å². The van der Waals surface area contributed by atoms with E-state index in [0.717, 1.165) is 17.3 Å². The van der Waals surface area contributed by atoms with E-state index in [-0.39, 0.29) is 10.6 Å². The number of aromatic nitrogens is 1. The van der Waals surface area contributed by atoms with Crippen LogP contribution in [0.25, 0.3) is 10.9 Å². The zero-order chi connectivity index (χ0) is 13.3. The first-order chi connectivity index (χ1) is 8.49. The molecule has 0 bridgehead atoms. The van der Waals surface area contributed by atoms with E-state index in [4.69, 9.17) is 0 Å². The summed E-state index contributed by atoms with van der Waals surface area (Å²) in [6, 6.07) is 4.98. The molecule has 2 aromatic rings. The Hall–Kier alpha value is -1.84. The largest absolute Gasteiger partial charge is 0.361 e. The fourth-order valence-corrected chi connectivity index (χ4v) is 2.49. The number of benzene rings is 1. The first-order valence-electron chi connectivity index (χ1n) is 6.24. The average Bonchev–Trinajstić information content (AvgIpc) is 2.70. The van der Waals surface area contributed by atoms with Crippen molar-refractivity contribution in [2.24, 2.45) is 5.92 Å². The summed E-state index contributed by atoms with van der Waals surface area (Å²) in [5, 5.41) is 11.8. The van der Waals surface area contributed by atoms with Gasteiger partial charge in [-0.15, -0.1) is 0 Å². The number of nitrogens with zero attached hydrogens (tertiary/aromatic N) is 1. The van der Waals surface area contributed by atoms with E-state index in [1.807, 2.05) is 6.20 Å². The van der Waals surface area contributed by atoms with E-state index in [0.29, 0.717) is 11.8 Å². The number of hydrogen-bond acceptors (Lipinski definition) is 2. The molecule has 0 saturated carbocycles. The topological polar surface area (TPSA) is 58.9 Å². The van der Waals surface area contributed by atoms with Gasteiger partial charge in [0.05, 0.1) is 4.92 Å². The predicted molar refractivity (Wildman–Crippen MR) is 72.8 cm³/mol. The van der Waals surface area contributed by atoms with Gasteiger partial charge >= 0.3 is 0 Å². The molecule has 0 aliphatic carbocycles. The Balaban J connectivity index is 2.45. The molecule has 0 saturated heterocycles. The molecule has 0 spiro atoms. The van der Waals surface area contributed by atoms with Crippen LogP contribution in [0.5, 0.6) is 0 Å². The van der Waals surface area contributed by atoms with Crippen LogP contribution in [0.15, 0.2) is 24.4 Å². The van der Waals surface area contributed by atoms with Crippen LogP contribution < -0.4 is 0 Å². The smallest absolute Gasteiger partial charge is 0.270 e. The second kappa shape index (κ2) is 4.80. The number of fused-ring (bicyclic) bond motifs is 1. The van der Waals surface area contributed by atoms with Crippen molar-refractivity contribution in [3.8, 4) is 0 Å². The molecule has 0 aliphatic rings. The van der Waals surface area contributed by atoms with Gasteiger partial charge in [0.15, 0.2) is 0 Å². The fourth-order valence-electron chi connectivity index (χ4n) is 2.49. The van der Waals surface area contributed by atoms with Gasteiger partial charge in [-0.2, -0.15) is 0 Å². The zero-order valence-electron chi connectivity index (χ0n) is 10.9. The second-order valence-electron chi connectivity index (χ2n) is 5.26. The molecule has 0 aliphatic heterocycles. The van der Waals surface area contributed by atoms with Gasteiger partial charge in [0.2, 0.25) is 0 Å². The van der Waals surface area contributed by atoms with E-state index in [1.165, 1.54) is 11.6 Å². The molecule has 1 aromatic carbocycles. The van der Waals surface area contributed by atoms with Gasteiger partial charge < -0.3 is 4.98 Å². The van der Waals surface area contributed by atoms with Crippen LogP contribution in [0.1, 0.15) is 38.7 Å². The number of nitro benzene ring substituents is 1. The lowest BCUT2D eigenvalue weighted by molar-refractivity contribution is -0.384. The van der Waals surface area contributed by atoms with E-state index < -0.39 is 0 Å². The summed E-state index contributed by atoms with van der Waals surface area (Å²) >= 11 is 0. The van der Waals surface area contributed by atoms with Crippen molar-refractivity contribution in [2.45, 2.75) is 33.1 Å². The van der Waals surface area contributed by atoms with Crippen molar-refractivity contribution in [1.82, 2.24) is 4.98 Å². The molecule has 18 heavy (non-hydrogen) atoms. The van der Waals surface area contributed by atoms with Gasteiger partial charge in [0.1, 0.15) is 0 Å². The van der Waals surface area contributed by atoms with Crippen molar-refractivity contribution in [3.63, 3.8) is 0 Å². The van der Waals surface area contributed by atoms with Crippen LogP contribution in [0.4, 0.5) is 5.69 Å². The number of aromatic amines is 1. The van der Waals surface area contributed by atoms with E-state index in [2.05, 4.69) is 25.8 Å². The van der Waals surface area contributed by atoms with Crippen LogP contribution in [0.3, 0.4) is 0 Å². The Morgan fingerprint density at radius 3 is 2.67 bits per heavy atom. The number of rotatable bonds is 4. The summed E-state index contributed by atoms with van der Waals surface area (Å²) in [7, 11) is 0. The molecular weight excluding hydrogens is 228 g/mol. The summed E-state index contributed by atoms with van der Waals surface area (Å²) < 4.78 is 0. The SMILES string of the molecule is CC(C)CC(C)c1c[nH]c2ccc([N+](=O)[O-])cc12. The van der Waals surface area contributed by atoms with Crippen LogP contribution in [-0.4, -0.2) is 9.91 Å². The van der Waals surface area contributed by atoms with Gasteiger partial charge in [-0.3, -0.25) is 10.1 Å². The molecule has 96 valence electrons. The minimum Gasteiger partial charge on any atom is -0.361 e. The summed E-state index contributed by atoms with van der Waals surface area (Å²) in [5.41, 5.74) is 2.29. The number of hydrogen-bond donors (Lipinski definition) is 1. The van der Waals surface area contributed by atoms with Gasteiger partial charge in [-0.05, 0) is 29.9 Å². The maximum absolute atomic E-state index is 10.8. The summed E-state index contributed by atoms with van der Waals surface area (Å²) in [4.78, 5) is 13.7. The third-order valence-corrected chi connectivity index (χ3v) is 3.26. The number of non-ortho nitro benzene ring substituents is 1. The van der Waals surface area contributed by atoms with Crippen LogP contribution in [-0.2, 0) is 0 Å². The van der Waals surface area contributed by atoms with Crippen LogP contribution in [0, 0.1) is 16.0 Å². The molecule has 0 radical (unpaired) electrons. The third-order valence-electron chi connectivity index (χ3n) is 3.26. The molecular formula is C14H18N2O2. The number of H-pyrrole nitrogens is 1. The Bertz CT molecular complexity index is 572. The van der Waals surface area contributed by atoms with Crippen molar-refractivity contribution in [3.05, 3.63) is 40.1 Å². The van der Waals surface area contributed by atoms with Gasteiger partial charge in [-0.1, -0.05) is 20.8 Å². The zero-order valence-corrected chi connectivity index (χ0v) is 10.9. The molecule has 1 heterocycles. The monoisotopic (exact) mass is 246 g/mol. The first kappa shape index (κ1) is 12.6. The molecule has 1 N–H and O–H groups in total. The van der Waals surface area contributed by atoms with Crippen molar-refractivity contribution >= 4 is 16.6 Å². The van der Waals surface area contributed by atoms with Gasteiger partial charge in [0, 0.05) is 29.2 Å². The minimum atomic E-state index is -0.344. The van der Waals surface area contributed by atoms with Crippen molar-refractivity contribution < 1.29 is 4.92 Å². The Morgan fingerprint density at radius 2 is 2.06 bits per heavy atom. The van der Waals surface area contributed by atoms with Crippen LogP contribution in [0.2, 0.25) is 0 Å². The highest BCUT2D eigenvalue weighted by Crippen LogP contribution is 2.31. The predicted octanol–water partition coefficient (Wildman–Crippen LogP) is 4.23. The van der Waals surface area contributed by atoms with E-state index >= 15 is 0 Å². The molecule has 0 fully saturated rings. The molecule has 0 amide bonds. The summed E-state index contributed by atoms with van der Waals surface area (Å²) in [5.74, 6) is 1.02. The van der Waals surface area contributed by atoms with E-state index in [9.17, 15) is 10.1 Å². The average molecular weight is 246 g/mol. The Kier molecular flexibility index (Phi) is 3.36. The number of nitrogens with one attached hydrogen (secondary N) is 1. The third kappa shape index (κ3) is 2.37. The maximum atomic E-state index is 10.8. The summed E-state index contributed by atoms with van der Waals surface area (Å²) in [6.45, 7) is 6.54. The highest BCUT2D eigenvalue weighted by Gasteiger charge is 2.15. The lowest BCUT2D eigenvalue weighted by atomic mass is 9.92. The quantitative estimate of drug-likeness (QED) is 0.648. The molecule has 1 atom stereocenters. The lowest BCUT2D eigenvalue weighted by Crippen LogP contribution is -1.98. The van der Waals surface area contributed by atoms with Gasteiger partial charge in [-0.25, -0.2) is 0 Å². The highest BCUT2D eigenvalue weighted by atomic mass is 16.6. The van der Waals surface area contributed by atoms with Crippen LogP contribution >= 0.6 is 0 Å². The number of nitro groups is 1. The molecule has 4 nitrogen and oxygen atoms in total. The molecule has 4 heteroatoms. The van der Waals surface area contributed by atoms with Crippen molar-refractivity contribution in [1.29, 1.82) is 0 Å². The fraction of sp³-hybridized carbons (Fsp3) is 0.429. The standard InChI is InChI=1S/C14H18N2O2/c1-9(2)6-10(3)13-8-15-14-5-4-11(16(17)18)7-12(13)14/h4-5,7-10,15H,6H2,1-3H3. The Morgan fingerprint density at radius 1 is 1.33 bits per heavy atom.